The number of halogens is 1. The van der Waals surface area contributed by atoms with Crippen LogP contribution in [0.5, 0.6) is 11.5 Å². The second kappa shape index (κ2) is 18.3. The Morgan fingerprint density at radius 2 is 1.24 bits per heavy atom. The lowest BCUT2D eigenvalue weighted by Crippen LogP contribution is -2.40. The molecule has 54 heavy (non-hydrogen) atoms. The van der Waals surface area contributed by atoms with Gasteiger partial charge in [-0.3, -0.25) is 9.59 Å². The summed E-state index contributed by atoms with van der Waals surface area (Å²) in [5.74, 6) is 1.32. The number of hydrogen-bond acceptors (Lipinski definition) is 7. The topological polar surface area (TPSA) is 151 Å². The molecule has 4 aromatic carbocycles. The van der Waals surface area contributed by atoms with Crippen LogP contribution in [0.3, 0.4) is 0 Å². The number of nitrogens with zero attached hydrogens (tertiary/aromatic N) is 2. The molecule has 282 valence electrons. The first-order valence-corrected chi connectivity index (χ1v) is 18.2. The molecule has 6 amide bonds. The summed E-state index contributed by atoms with van der Waals surface area (Å²) in [5.41, 5.74) is 3.20. The smallest absolute Gasteiger partial charge is 0.323 e. The van der Waals surface area contributed by atoms with Gasteiger partial charge in [-0.2, -0.15) is 0 Å². The first-order valence-electron chi connectivity index (χ1n) is 17.8. The van der Waals surface area contributed by atoms with Crippen molar-refractivity contribution in [2.75, 3.05) is 74.4 Å². The highest BCUT2D eigenvalue weighted by atomic mass is 35.5. The van der Waals surface area contributed by atoms with Crippen molar-refractivity contribution in [3.63, 3.8) is 0 Å². The fraction of sp³-hybridized carbons (Fsp3) is 0.300. The number of rotatable bonds is 11. The standard InChI is InChI=1S/C40H43ClN6O7/c1-52-35-24-34(45-40(51)44-33-4-2-3-29(23-33)38(49)47-18-21-53-22-19-47)25-36(26-35)54-20-15-27-13-16-46(17-14-27)37(48)28-5-9-31(10-6-28)42-39(50)43-32-11-7-30(41)8-12-32/h2-12,23-27H,13-22H2,1H3,(H2,42,43,50)(H2,44,45,51). The van der Waals surface area contributed by atoms with E-state index in [4.69, 9.17) is 25.8 Å². The van der Waals surface area contributed by atoms with Crippen LogP contribution >= 0.6 is 11.6 Å². The van der Waals surface area contributed by atoms with Crippen LogP contribution in [-0.4, -0.2) is 86.8 Å². The Bertz CT molecular complexity index is 1930. The third kappa shape index (κ3) is 10.6. The van der Waals surface area contributed by atoms with Crippen LogP contribution in [0.25, 0.3) is 0 Å². The van der Waals surface area contributed by atoms with Gasteiger partial charge in [-0.05, 0) is 91.9 Å². The van der Waals surface area contributed by atoms with Crippen LogP contribution in [0, 0.1) is 5.92 Å². The van der Waals surface area contributed by atoms with Gasteiger partial charge < -0.3 is 45.3 Å². The zero-order valence-corrected chi connectivity index (χ0v) is 30.7. The second-order valence-corrected chi connectivity index (χ2v) is 13.4. The maximum Gasteiger partial charge on any atom is 0.323 e. The maximum atomic E-state index is 13.2. The van der Waals surface area contributed by atoms with Crippen molar-refractivity contribution in [2.45, 2.75) is 19.3 Å². The monoisotopic (exact) mass is 754 g/mol. The summed E-state index contributed by atoms with van der Waals surface area (Å²) in [6.45, 7) is 3.82. The Balaban J connectivity index is 0.932. The molecule has 0 unspecified atom stereocenters. The van der Waals surface area contributed by atoms with Crippen molar-refractivity contribution in [1.29, 1.82) is 0 Å². The van der Waals surface area contributed by atoms with Crippen molar-refractivity contribution in [1.82, 2.24) is 9.80 Å². The summed E-state index contributed by atoms with van der Waals surface area (Å²) < 4.78 is 16.9. The molecule has 2 saturated heterocycles. The predicted octanol–water partition coefficient (Wildman–Crippen LogP) is 7.43. The number of carbonyl (C=O) groups is 4. The van der Waals surface area contributed by atoms with E-state index in [0.29, 0.717) is 102 Å². The van der Waals surface area contributed by atoms with Crippen molar-refractivity contribution in [2.24, 2.45) is 5.92 Å². The van der Waals surface area contributed by atoms with Crippen molar-refractivity contribution in [3.8, 4) is 11.5 Å². The molecule has 6 rings (SSSR count). The predicted molar refractivity (Wildman–Crippen MR) is 208 cm³/mol. The van der Waals surface area contributed by atoms with E-state index < -0.39 is 12.1 Å². The third-order valence-electron chi connectivity index (χ3n) is 9.23. The van der Waals surface area contributed by atoms with Gasteiger partial charge in [0.2, 0.25) is 0 Å². The zero-order valence-electron chi connectivity index (χ0n) is 29.9. The van der Waals surface area contributed by atoms with Gasteiger partial charge in [0.15, 0.2) is 0 Å². The third-order valence-corrected chi connectivity index (χ3v) is 9.48. The number of likely N-dealkylation sites (tertiary alicyclic amines) is 1. The summed E-state index contributed by atoms with van der Waals surface area (Å²) in [6.07, 6.45) is 2.51. The minimum Gasteiger partial charge on any atom is -0.497 e. The highest BCUT2D eigenvalue weighted by Gasteiger charge is 2.24. The lowest BCUT2D eigenvalue weighted by atomic mass is 9.93. The normalized spacial score (nSPS) is 14.5. The number of ether oxygens (including phenoxy) is 3. The Morgan fingerprint density at radius 3 is 1.91 bits per heavy atom. The van der Waals surface area contributed by atoms with Crippen molar-refractivity contribution >= 4 is 58.2 Å². The average molecular weight is 755 g/mol. The first kappa shape index (κ1) is 38.0. The minimum atomic E-state index is -0.475. The molecule has 2 aliphatic rings. The van der Waals surface area contributed by atoms with Gasteiger partial charge in [0.25, 0.3) is 11.8 Å². The van der Waals surface area contributed by atoms with Crippen LogP contribution in [0.4, 0.5) is 32.3 Å². The molecular formula is C40H43ClN6O7. The lowest BCUT2D eigenvalue weighted by molar-refractivity contribution is 0.0303. The van der Waals surface area contributed by atoms with Crippen LogP contribution in [0.15, 0.2) is 91.0 Å². The molecule has 2 aliphatic heterocycles. The molecule has 14 heteroatoms. The van der Waals surface area contributed by atoms with Crippen LogP contribution < -0.4 is 30.7 Å². The number of piperidine rings is 1. The highest BCUT2D eigenvalue weighted by molar-refractivity contribution is 6.30. The molecule has 4 N–H and O–H groups in total. The maximum absolute atomic E-state index is 13.2. The Labute approximate surface area is 318 Å². The zero-order chi connectivity index (χ0) is 37.9. The van der Waals surface area contributed by atoms with E-state index >= 15 is 0 Å². The van der Waals surface area contributed by atoms with E-state index in [2.05, 4.69) is 21.3 Å². The molecule has 0 bridgehead atoms. The van der Waals surface area contributed by atoms with Crippen molar-refractivity contribution < 1.29 is 33.4 Å². The number of nitrogens with one attached hydrogen (secondary N) is 4. The van der Waals surface area contributed by atoms with E-state index in [0.717, 1.165) is 19.3 Å². The summed E-state index contributed by atoms with van der Waals surface area (Å²) in [6, 6.07) is 24.8. The number of amides is 6. The van der Waals surface area contributed by atoms with Gasteiger partial charge >= 0.3 is 12.1 Å². The Morgan fingerprint density at radius 1 is 0.667 bits per heavy atom. The highest BCUT2D eigenvalue weighted by Crippen LogP contribution is 2.28. The molecule has 4 aromatic rings. The van der Waals surface area contributed by atoms with Gasteiger partial charge in [0.05, 0.1) is 26.9 Å². The molecule has 13 nitrogen and oxygen atoms in total. The first-order chi connectivity index (χ1) is 26.2. The van der Waals surface area contributed by atoms with E-state index in [1.165, 1.54) is 0 Å². The summed E-state index contributed by atoms with van der Waals surface area (Å²) in [5, 5.41) is 11.7. The SMILES string of the molecule is COc1cc(NC(=O)Nc2cccc(C(=O)N3CCOCC3)c2)cc(OCCC2CCN(C(=O)c3ccc(NC(=O)Nc4ccc(Cl)cc4)cc3)CC2)c1. The molecule has 2 heterocycles. The van der Waals surface area contributed by atoms with Crippen LogP contribution in [-0.2, 0) is 4.74 Å². The van der Waals surface area contributed by atoms with Gasteiger partial charge in [-0.15, -0.1) is 0 Å². The van der Waals surface area contributed by atoms with Crippen LogP contribution in [0.2, 0.25) is 5.02 Å². The molecule has 0 atom stereocenters. The molecule has 0 spiro atoms. The Kier molecular flexibility index (Phi) is 12.9. The number of methoxy groups -OCH3 is 1. The quantitative estimate of drug-likeness (QED) is 0.124. The van der Waals surface area contributed by atoms with Crippen molar-refractivity contribution in [3.05, 3.63) is 107 Å². The van der Waals surface area contributed by atoms with E-state index in [1.54, 1.807) is 103 Å². The van der Waals surface area contributed by atoms with Gasteiger partial charge in [0.1, 0.15) is 11.5 Å². The molecule has 2 fully saturated rings. The number of hydrogen-bond donors (Lipinski definition) is 4. The summed E-state index contributed by atoms with van der Waals surface area (Å²) in [4.78, 5) is 54.9. The minimum absolute atomic E-state index is 0.0449. The number of carbonyl (C=O) groups excluding carboxylic acids is 4. The van der Waals surface area contributed by atoms with Gasteiger partial charge in [-0.1, -0.05) is 17.7 Å². The molecule has 0 saturated carbocycles. The molecule has 0 aromatic heterocycles. The molecule has 0 radical (unpaired) electrons. The fourth-order valence-corrected chi connectivity index (χ4v) is 6.42. The lowest BCUT2D eigenvalue weighted by Gasteiger charge is -2.32. The van der Waals surface area contributed by atoms with Crippen LogP contribution in [0.1, 0.15) is 40.0 Å². The molecular weight excluding hydrogens is 712 g/mol. The average Bonchev–Trinajstić information content (AvgIpc) is 3.19. The van der Waals surface area contributed by atoms with E-state index in [-0.39, 0.29) is 11.8 Å². The second-order valence-electron chi connectivity index (χ2n) is 13.0. The summed E-state index contributed by atoms with van der Waals surface area (Å²) >= 11 is 5.90. The summed E-state index contributed by atoms with van der Waals surface area (Å²) in [7, 11) is 1.54. The number of anilines is 4. The molecule has 0 aliphatic carbocycles. The number of benzene rings is 4. The van der Waals surface area contributed by atoms with Gasteiger partial charge in [-0.25, -0.2) is 9.59 Å². The number of morpholine rings is 1. The fourth-order valence-electron chi connectivity index (χ4n) is 6.29. The van der Waals surface area contributed by atoms with E-state index in [9.17, 15) is 19.2 Å². The van der Waals surface area contributed by atoms with Gasteiger partial charge in [0, 0.05) is 83.3 Å². The van der Waals surface area contributed by atoms with E-state index in [1.807, 2.05) is 4.90 Å². The Hall–Kier alpha value is -5.79. The number of urea groups is 2. The largest absolute Gasteiger partial charge is 0.497 e.